The molecule has 0 aliphatic heterocycles. The first-order chi connectivity index (χ1) is 9.24. The van der Waals surface area contributed by atoms with Gasteiger partial charge in [-0.25, -0.2) is 0 Å². The Morgan fingerprint density at radius 3 is 2.65 bits per heavy atom. The number of carbonyl (C=O) groups excluding carboxylic acids is 1. The molecule has 1 aromatic carbocycles. The fourth-order valence-electron chi connectivity index (χ4n) is 2.04. The summed E-state index contributed by atoms with van der Waals surface area (Å²) in [4.78, 5) is 12.1. The number of nitrogen functional groups attached to an aromatic ring is 1. The zero-order valence-electron chi connectivity index (χ0n) is 12.6. The lowest BCUT2D eigenvalue weighted by molar-refractivity contribution is 0.0866. The fourth-order valence-corrected chi connectivity index (χ4v) is 2.04. The zero-order chi connectivity index (χ0) is 15.3. The number of ether oxygens (including phenoxy) is 1. The summed E-state index contributed by atoms with van der Waals surface area (Å²) in [5.41, 5.74) is 6.47. The Bertz CT molecular complexity index is 467. The van der Waals surface area contributed by atoms with Gasteiger partial charge in [-0.1, -0.05) is 26.8 Å². The van der Waals surface area contributed by atoms with Crippen LogP contribution in [0.15, 0.2) is 18.2 Å². The number of nitrogens with one attached hydrogen (secondary N) is 1. The summed E-state index contributed by atoms with van der Waals surface area (Å²) in [5.74, 6) is 0.0840. The second-order valence-corrected chi connectivity index (χ2v) is 6.05. The van der Waals surface area contributed by atoms with E-state index in [-0.39, 0.29) is 17.9 Å². The van der Waals surface area contributed by atoms with Gasteiger partial charge in [0.25, 0.3) is 5.91 Å². The molecule has 20 heavy (non-hydrogen) atoms. The van der Waals surface area contributed by atoms with Crippen LogP contribution in [0, 0.1) is 5.41 Å². The molecule has 112 valence electrons. The number of aliphatic hydroxyl groups is 1. The predicted molar refractivity (Wildman–Crippen MR) is 79.8 cm³/mol. The summed E-state index contributed by atoms with van der Waals surface area (Å²) in [6.07, 6.45) is 0.0178. The average molecular weight is 280 g/mol. The Labute approximate surface area is 120 Å². The lowest BCUT2D eigenvalue weighted by atomic mass is 9.89. The molecule has 0 aliphatic rings. The summed E-state index contributed by atoms with van der Waals surface area (Å²) >= 11 is 0. The lowest BCUT2D eigenvalue weighted by Gasteiger charge is -2.22. The Morgan fingerprint density at radius 2 is 2.10 bits per heavy atom. The van der Waals surface area contributed by atoms with Crippen molar-refractivity contribution in [2.75, 3.05) is 19.4 Å². The molecule has 1 unspecified atom stereocenters. The number of aliphatic hydroxyl groups excluding tert-OH is 1. The quantitative estimate of drug-likeness (QED) is 0.718. The highest BCUT2D eigenvalue weighted by Gasteiger charge is 2.19. The Balaban J connectivity index is 2.68. The van der Waals surface area contributed by atoms with E-state index in [4.69, 9.17) is 10.5 Å². The van der Waals surface area contributed by atoms with E-state index >= 15 is 0 Å². The minimum Gasteiger partial charge on any atom is -0.496 e. The van der Waals surface area contributed by atoms with Crippen LogP contribution in [0.2, 0.25) is 0 Å². The normalized spacial score (nSPS) is 12.8. The maximum Gasteiger partial charge on any atom is 0.257 e. The van der Waals surface area contributed by atoms with E-state index in [2.05, 4.69) is 5.32 Å². The summed E-state index contributed by atoms with van der Waals surface area (Å²) in [6, 6.07) is 5.04. The van der Waals surface area contributed by atoms with Crippen LogP contribution in [0.1, 0.15) is 37.6 Å². The number of nitrogens with two attached hydrogens (primary N) is 1. The Hall–Kier alpha value is -1.75. The van der Waals surface area contributed by atoms with Crippen molar-refractivity contribution in [2.45, 2.75) is 33.3 Å². The van der Waals surface area contributed by atoms with Crippen LogP contribution in [0.5, 0.6) is 5.75 Å². The SMILES string of the molecule is COc1cccc(N)c1C(=O)NCC(O)CC(C)(C)C. The first kappa shape index (κ1) is 16.3. The second kappa shape index (κ2) is 6.61. The first-order valence-electron chi connectivity index (χ1n) is 6.63. The van der Waals surface area contributed by atoms with Gasteiger partial charge in [-0.15, -0.1) is 0 Å². The average Bonchev–Trinajstić information content (AvgIpc) is 2.33. The fraction of sp³-hybridized carbons (Fsp3) is 0.533. The summed E-state index contributed by atoms with van der Waals surface area (Å²) < 4.78 is 5.13. The molecule has 1 atom stereocenters. The van der Waals surface area contributed by atoms with Gasteiger partial charge in [0.2, 0.25) is 0 Å². The minimum atomic E-state index is -0.588. The van der Waals surface area contributed by atoms with Crippen molar-refractivity contribution in [3.63, 3.8) is 0 Å². The topological polar surface area (TPSA) is 84.6 Å². The molecule has 5 nitrogen and oxygen atoms in total. The number of carbonyl (C=O) groups is 1. The van der Waals surface area contributed by atoms with Gasteiger partial charge in [0, 0.05) is 12.2 Å². The van der Waals surface area contributed by atoms with Gasteiger partial charge >= 0.3 is 0 Å². The molecule has 0 aliphatic carbocycles. The maximum atomic E-state index is 12.1. The molecule has 4 N–H and O–H groups in total. The van der Waals surface area contributed by atoms with Gasteiger partial charge < -0.3 is 20.9 Å². The molecule has 0 heterocycles. The summed E-state index contributed by atoms with van der Waals surface area (Å²) in [7, 11) is 1.49. The van der Waals surface area contributed by atoms with Crippen molar-refractivity contribution in [1.29, 1.82) is 0 Å². The van der Waals surface area contributed by atoms with Crippen molar-refractivity contribution in [1.82, 2.24) is 5.32 Å². The largest absolute Gasteiger partial charge is 0.496 e. The van der Waals surface area contributed by atoms with E-state index in [1.807, 2.05) is 20.8 Å². The van der Waals surface area contributed by atoms with Crippen LogP contribution in [-0.2, 0) is 0 Å². The number of rotatable bonds is 5. The van der Waals surface area contributed by atoms with Crippen LogP contribution >= 0.6 is 0 Å². The predicted octanol–water partition coefficient (Wildman–Crippen LogP) is 1.80. The van der Waals surface area contributed by atoms with Crippen LogP contribution in [0.4, 0.5) is 5.69 Å². The van der Waals surface area contributed by atoms with Gasteiger partial charge in [0.05, 0.1) is 13.2 Å². The van der Waals surface area contributed by atoms with Crippen molar-refractivity contribution < 1.29 is 14.6 Å². The molecule has 5 heteroatoms. The number of amides is 1. The van der Waals surface area contributed by atoms with Crippen LogP contribution in [0.25, 0.3) is 0 Å². The van der Waals surface area contributed by atoms with E-state index in [0.29, 0.717) is 23.4 Å². The second-order valence-electron chi connectivity index (χ2n) is 6.05. The van der Waals surface area contributed by atoms with E-state index in [0.717, 1.165) is 0 Å². The minimum absolute atomic E-state index is 0.00755. The van der Waals surface area contributed by atoms with Crippen molar-refractivity contribution in [3.8, 4) is 5.75 Å². The number of benzene rings is 1. The highest BCUT2D eigenvalue weighted by atomic mass is 16.5. The Kier molecular flexibility index (Phi) is 5.39. The third-order valence-electron chi connectivity index (χ3n) is 2.85. The standard InChI is InChI=1S/C15H24N2O3/c1-15(2,3)8-10(18)9-17-14(19)13-11(16)6-5-7-12(13)20-4/h5-7,10,18H,8-9,16H2,1-4H3,(H,17,19). The number of methoxy groups -OCH3 is 1. The maximum absolute atomic E-state index is 12.1. The monoisotopic (exact) mass is 280 g/mol. The molecule has 0 aromatic heterocycles. The third-order valence-corrected chi connectivity index (χ3v) is 2.85. The van der Waals surface area contributed by atoms with Crippen LogP contribution in [-0.4, -0.2) is 30.8 Å². The van der Waals surface area contributed by atoms with E-state index in [9.17, 15) is 9.90 Å². The van der Waals surface area contributed by atoms with Gasteiger partial charge in [0.15, 0.2) is 0 Å². The van der Waals surface area contributed by atoms with E-state index < -0.39 is 6.10 Å². The van der Waals surface area contributed by atoms with Gasteiger partial charge in [0.1, 0.15) is 11.3 Å². The number of hydrogen-bond donors (Lipinski definition) is 3. The first-order valence-corrected chi connectivity index (χ1v) is 6.63. The van der Waals surface area contributed by atoms with E-state index in [1.165, 1.54) is 7.11 Å². The smallest absolute Gasteiger partial charge is 0.257 e. The van der Waals surface area contributed by atoms with Crippen LogP contribution in [0.3, 0.4) is 0 Å². The summed E-state index contributed by atoms with van der Waals surface area (Å²) in [5, 5.41) is 12.6. The molecule has 1 aromatic rings. The van der Waals surface area contributed by atoms with E-state index in [1.54, 1.807) is 18.2 Å². The molecule has 1 rings (SSSR count). The molecule has 0 bridgehead atoms. The molecular weight excluding hydrogens is 256 g/mol. The molecular formula is C15H24N2O3. The van der Waals surface area contributed by atoms with Crippen molar-refractivity contribution >= 4 is 11.6 Å². The zero-order valence-corrected chi connectivity index (χ0v) is 12.6. The number of hydrogen-bond acceptors (Lipinski definition) is 4. The summed E-state index contributed by atoms with van der Waals surface area (Å²) in [6.45, 7) is 6.30. The van der Waals surface area contributed by atoms with Gasteiger partial charge in [-0.05, 0) is 24.0 Å². The van der Waals surface area contributed by atoms with Gasteiger partial charge in [-0.2, -0.15) is 0 Å². The van der Waals surface area contributed by atoms with Crippen molar-refractivity contribution in [2.24, 2.45) is 5.41 Å². The number of anilines is 1. The molecule has 0 radical (unpaired) electrons. The Morgan fingerprint density at radius 1 is 1.45 bits per heavy atom. The van der Waals surface area contributed by atoms with Crippen molar-refractivity contribution in [3.05, 3.63) is 23.8 Å². The lowest BCUT2D eigenvalue weighted by Crippen LogP contribution is -2.34. The highest BCUT2D eigenvalue weighted by Crippen LogP contribution is 2.24. The van der Waals surface area contributed by atoms with Gasteiger partial charge in [-0.3, -0.25) is 4.79 Å². The molecule has 0 saturated carbocycles. The molecule has 0 spiro atoms. The molecule has 0 fully saturated rings. The molecule has 0 saturated heterocycles. The third kappa shape index (κ3) is 4.74. The molecule has 1 amide bonds. The van der Waals surface area contributed by atoms with Crippen LogP contribution < -0.4 is 15.8 Å². The highest BCUT2D eigenvalue weighted by molar-refractivity contribution is 6.01.